The van der Waals surface area contributed by atoms with Gasteiger partial charge >= 0.3 is 0 Å². The van der Waals surface area contributed by atoms with Crippen molar-refractivity contribution in [3.63, 3.8) is 0 Å². The van der Waals surface area contributed by atoms with E-state index in [2.05, 4.69) is 39.6 Å². The maximum absolute atomic E-state index is 12.6. The Balaban J connectivity index is 1.71. The maximum Gasteiger partial charge on any atom is 0.242 e. The predicted octanol–water partition coefficient (Wildman–Crippen LogP) is 2.42. The van der Waals surface area contributed by atoms with Gasteiger partial charge < -0.3 is 5.32 Å². The van der Waals surface area contributed by atoms with E-state index >= 15 is 0 Å². The van der Waals surface area contributed by atoms with Crippen LogP contribution in [0.25, 0.3) is 0 Å². The molecular weight excluding hydrogens is 288 g/mol. The molecule has 0 bridgehead atoms. The van der Waals surface area contributed by atoms with Crippen LogP contribution in [0.15, 0.2) is 24.3 Å². The number of nitrogens with one attached hydrogen (secondary N) is 1. The van der Waals surface area contributed by atoms with Crippen molar-refractivity contribution in [2.75, 3.05) is 11.9 Å². The summed E-state index contributed by atoms with van der Waals surface area (Å²) in [4.78, 5) is 14.9. The molecule has 0 unspecified atom stereocenters. The first kappa shape index (κ1) is 15.7. The summed E-state index contributed by atoms with van der Waals surface area (Å²) in [5.41, 5.74) is 4.69. The van der Waals surface area contributed by atoms with Crippen molar-refractivity contribution in [1.82, 2.24) is 14.7 Å². The Morgan fingerprint density at radius 1 is 1.26 bits per heavy atom. The van der Waals surface area contributed by atoms with Crippen molar-refractivity contribution in [2.24, 2.45) is 7.05 Å². The fourth-order valence-corrected chi connectivity index (χ4v) is 3.17. The van der Waals surface area contributed by atoms with E-state index in [4.69, 9.17) is 0 Å². The SMILES string of the molecule is Cc1nn(C)c(NC(=O)[C@H](C)N2CCc3ccccc3C2)c1C. The normalized spacial score (nSPS) is 16.0. The number of carbonyl (C=O) groups excluding carboxylic acids is 1. The molecule has 1 aromatic heterocycles. The van der Waals surface area contributed by atoms with E-state index < -0.39 is 0 Å². The highest BCUT2D eigenvalue weighted by atomic mass is 16.2. The Hall–Kier alpha value is -2.14. The van der Waals surface area contributed by atoms with Crippen LogP contribution in [0.5, 0.6) is 0 Å². The van der Waals surface area contributed by atoms with Crippen LogP contribution < -0.4 is 5.32 Å². The zero-order valence-corrected chi connectivity index (χ0v) is 14.3. The molecule has 1 aliphatic heterocycles. The minimum atomic E-state index is -0.169. The Labute approximate surface area is 137 Å². The molecule has 122 valence electrons. The average Bonchev–Trinajstić information content (AvgIpc) is 2.80. The fraction of sp³-hybridized carbons (Fsp3) is 0.444. The van der Waals surface area contributed by atoms with Crippen LogP contribution in [0.3, 0.4) is 0 Å². The van der Waals surface area contributed by atoms with Gasteiger partial charge in [0.2, 0.25) is 5.91 Å². The van der Waals surface area contributed by atoms with Gasteiger partial charge in [0.05, 0.1) is 11.7 Å². The first-order valence-electron chi connectivity index (χ1n) is 8.09. The molecule has 0 aliphatic carbocycles. The van der Waals surface area contributed by atoms with E-state index in [1.54, 1.807) is 4.68 Å². The number of carbonyl (C=O) groups is 1. The van der Waals surface area contributed by atoms with Crippen LogP contribution in [0, 0.1) is 13.8 Å². The van der Waals surface area contributed by atoms with Crippen LogP contribution >= 0.6 is 0 Å². The zero-order chi connectivity index (χ0) is 16.6. The lowest BCUT2D eigenvalue weighted by Gasteiger charge is -2.32. The summed E-state index contributed by atoms with van der Waals surface area (Å²) in [5.74, 6) is 0.812. The van der Waals surface area contributed by atoms with Gasteiger partial charge in [-0.25, -0.2) is 0 Å². The largest absolute Gasteiger partial charge is 0.309 e. The zero-order valence-electron chi connectivity index (χ0n) is 14.3. The minimum Gasteiger partial charge on any atom is -0.309 e. The van der Waals surface area contributed by atoms with Crippen molar-refractivity contribution in [2.45, 2.75) is 39.8 Å². The Kier molecular flexibility index (Phi) is 4.22. The number of hydrogen-bond acceptors (Lipinski definition) is 3. The molecule has 1 atom stereocenters. The van der Waals surface area contributed by atoms with E-state index in [9.17, 15) is 4.79 Å². The van der Waals surface area contributed by atoms with Gasteiger partial charge in [-0.05, 0) is 38.3 Å². The first-order chi connectivity index (χ1) is 11.0. The van der Waals surface area contributed by atoms with Crippen LogP contribution in [-0.4, -0.2) is 33.2 Å². The average molecular weight is 312 g/mol. The van der Waals surface area contributed by atoms with Gasteiger partial charge in [0.1, 0.15) is 5.82 Å². The number of amides is 1. The molecule has 0 fully saturated rings. The van der Waals surface area contributed by atoms with Crippen molar-refractivity contribution in [3.05, 3.63) is 46.6 Å². The monoisotopic (exact) mass is 312 g/mol. The van der Waals surface area contributed by atoms with Crippen LogP contribution in [-0.2, 0) is 24.8 Å². The topological polar surface area (TPSA) is 50.2 Å². The smallest absolute Gasteiger partial charge is 0.242 e. The van der Waals surface area contributed by atoms with Gasteiger partial charge in [-0.1, -0.05) is 24.3 Å². The quantitative estimate of drug-likeness (QED) is 0.947. The van der Waals surface area contributed by atoms with Gasteiger partial charge in [0.25, 0.3) is 0 Å². The number of anilines is 1. The third kappa shape index (κ3) is 3.01. The minimum absolute atomic E-state index is 0.0236. The highest BCUT2D eigenvalue weighted by Crippen LogP contribution is 2.22. The van der Waals surface area contributed by atoms with Crippen LogP contribution in [0.1, 0.15) is 29.3 Å². The lowest BCUT2D eigenvalue weighted by Crippen LogP contribution is -2.44. The summed E-state index contributed by atoms with van der Waals surface area (Å²) < 4.78 is 1.74. The molecule has 1 N–H and O–H groups in total. The molecule has 1 amide bonds. The number of fused-ring (bicyclic) bond motifs is 1. The molecule has 0 saturated heterocycles. The van der Waals surface area contributed by atoms with Crippen LogP contribution in [0.4, 0.5) is 5.82 Å². The number of benzene rings is 1. The van der Waals surface area contributed by atoms with Gasteiger partial charge in [-0.3, -0.25) is 14.4 Å². The Bertz CT molecular complexity index is 735. The summed E-state index contributed by atoms with van der Waals surface area (Å²) in [6, 6.07) is 8.31. The molecule has 1 aliphatic rings. The number of hydrogen-bond donors (Lipinski definition) is 1. The number of aromatic nitrogens is 2. The molecule has 3 rings (SSSR count). The fourth-order valence-electron chi connectivity index (χ4n) is 3.17. The van der Waals surface area contributed by atoms with Gasteiger partial charge in [0.15, 0.2) is 0 Å². The lowest BCUT2D eigenvalue weighted by molar-refractivity contribution is -0.121. The molecule has 5 heteroatoms. The number of nitrogens with zero attached hydrogens (tertiary/aromatic N) is 3. The Morgan fingerprint density at radius 3 is 2.61 bits per heavy atom. The third-order valence-electron chi connectivity index (χ3n) is 4.85. The van der Waals surface area contributed by atoms with Crippen molar-refractivity contribution in [1.29, 1.82) is 0 Å². The van der Waals surface area contributed by atoms with Gasteiger partial charge in [-0.15, -0.1) is 0 Å². The lowest BCUT2D eigenvalue weighted by atomic mass is 9.99. The maximum atomic E-state index is 12.6. The molecule has 0 radical (unpaired) electrons. The molecule has 2 heterocycles. The molecule has 2 aromatic rings. The van der Waals surface area contributed by atoms with Gasteiger partial charge in [0, 0.05) is 25.7 Å². The highest BCUT2D eigenvalue weighted by molar-refractivity contribution is 5.94. The van der Waals surface area contributed by atoms with E-state index in [-0.39, 0.29) is 11.9 Å². The number of rotatable bonds is 3. The summed E-state index contributed by atoms with van der Waals surface area (Å²) in [6.45, 7) is 7.65. The Morgan fingerprint density at radius 2 is 1.96 bits per heavy atom. The molecular formula is C18H24N4O. The molecule has 0 saturated carbocycles. The molecule has 5 nitrogen and oxygen atoms in total. The van der Waals surface area contributed by atoms with Crippen molar-refractivity contribution < 1.29 is 4.79 Å². The van der Waals surface area contributed by atoms with Crippen molar-refractivity contribution >= 4 is 11.7 Å². The van der Waals surface area contributed by atoms with E-state index in [0.29, 0.717) is 0 Å². The van der Waals surface area contributed by atoms with Crippen LogP contribution in [0.2, 0.25) is 0 Å². The highest BCUT2D eigenvalue weighted by Gasteiger charge is 2.26. The van der Waals surface area contributed by atoms with E-state index in [0.717, 1.165) is 36.6 Å². The third-order valence-corrected chi connectivity index (χ3v) is 4.85. The summed E-state index contributed by atoms with van der Waals surface area (Å²) >= 11 is 0. The second kappa shape index (κ2) is 6.16. The van der Waals surface area contributed by atoms with E-state index in [1.807, 2.05) is 27.8 Å². The second-order valence-electron chi connectivity index (χ2n) is 6.34. The summed E-state index contributed by atoms with van der Waals surface area (Å²) in [7, 11) is 1.86. The number of aryl methyl sites for hydroxylation is 2. The second-order valence-corrected chi connectivity index (χ2v) is 6.34. The standard InChI is InChI=1S/C18H24N4O/c1-12-13(2)20-21(4)17(12)19-18(23)14(3)22-10-9-15-7-5-6-8-16(15)11-22/h5-8,14H,9-11H2,1-4H3,(H,19,23)/t14-/m0/s1. The molecule has 1 aromatic carbocycles. The predicted molar refractivity (Wildman–Crippen MR) is 91.3 cm³/mol. The van der Waals surface area contributed by atoms with Crippen molar-refractivity contribution in [3.8, 4) is 0 Å². The summed E-state index contributed by atoms with van der Waals surface area (Å²) in [5, 5.41) is 7.39. The van der Waals surface area contributed by atoms with Gasteiger partial charge in [-0.2, -0.15) is 5.10 Å². The molecule has 23 heavy (non-hydrogen) atoms. The van der Waals surface area contributed by atoms with E-state index in [1.165, 1.54) is 11.1 Å². The molecule has 0 spiro atoms. The first-order valence-corrected chi connectivity index (χ1v) is 8.09. The summed E-state index contributed by atoms with van der Waals surface area (Å²) in [6.07, 6.45) is 0.998.